The van der Waals surface area contributed by atoms with E-state index in [1.165, 1.54) is 28.9 Å². The largest absolute Gasteiger partial charge is 0.487 e. The topological polar surface area (TPSA) is 110 Å². The van der Waals surface area contributed by atoms with Crippen LogP contribution in [0.15, 0.2) is 53.1 Å². The van der Waals surface area contributed by atoms with Gasteiger partial charge in [-0.05, 0) is 142 Å². The van der Waals surface area contributed by atoms with Crippen LogP contribution in [0.2, 0.25) is 0 Å². The fraction of sp³-hybridized carbons (Fsp3) is 0.447. The lowest BCUT2D eigenvalue weighted by Gasteiger charge is -2.38. The average Bonchev–Trinajstić information content (AvgIpc) is 2.97. The van der Waals surface area contributed by atoms with Crippen molar-refractivity contribution in [3.05, 3.63) is 92.1 Å². The first-order chi connectivity index (χ1) is 21.1. The number of ether oxygens (including phenoxy) is 2. The number of benzene rings is 2. The molecule has 0 bridgehead atoms. The highest BCUT2D eigenvalue weighted by atomic mass is 16.5. The van der Waals surface area contributed by atoms with Gasteiger partial charge in [-0.25, -0.2) is 14.4 Å². The Kier molecular flexibility index (Phi) is 12.0. The molecule has 7 heteroatoms. The molecule has 0 unspecified atom stereocenters. The van der Waals surface area contributed by atoms with Gasteiger partial charge in [0.15, 0.2) is 0 Å². The lowest BCUT2D eigenvalue weighted by Crippen LogP contribution is -2.37. The van der Waals surface area contributed by atoms with Gasteiger partial charge in [0.05, 0.1) is 16.7 Å². The third kappa shape index (κ3) is 9.19. The number of hydrogen-bond acceptors (Lipinski definition) is 5. The average molecular weight is 617 g/mol. The monoisotopic (exact) mass is 616 g/mol. The van der Waals surface area contributed by atoms with Gasteiger partial charge in [0.2, 0.25) is 0 Å². The van der Waals surface area contributed by atoms with Crippen molar-refractivity contribution in [1.82, 2.24) is 0 Å². The maximum atomic E-state index is 13.2. The molecule has 0 aliphatic carbocycles. The number of esters is 1. The van der Waals surface area contributed by atoms with E-state index < -0.39 is 23.5 Å². The predicted molar refractivity (Wildman–Crippen MR) is 178 cm³/mol. The molecule has 2 aromatic rings. The lowest BCUT2D eigenvalue weighted by molar-refractivity contribution is 0.0554. The van der Waals surface area contributed by atoms with E-state index in [-0.39, 0.29) is 16.7 Å². The van der Waals surface area contributed by atoms with Gasteiger partial charge in [0, 0.05) is 5.56 Å². The van der Waals surface area contributed by atoms with Gasteiger partial charge in [-0.2, -0.15) is 0 Å². The molecule has 2 N–H and O–H groups in total. The van der Waals surface area contributed by atoms with Crippen LogP contribution in [0, 0.1) is 20.8 Å². The van der Waals surface area contributed by atoms with E-state index in [2.05, 4.69) is 52.8 Å². The number of hydrogen-bond donors (Lipinski definition) is 2. The van der Waals surface area contributed by atoms with Gasteiger partial charge >= 0.3 is 17.9 Å². The number of carbonyl (C=O) groups excluding carboxylic acids is 1. The van der Waals surface area contributed by atoms with E-state index in [9.17, 15) is 24.6 Å². The molecular weight excluding hydrogens is 568 g/mol. The molecule has 1 heterocycles. The minimum atomic E-state index is -1.41. The normalized spacial score (nSPS) is 16.4. The van der Waals surface area contributed by atoms with Crippen molar-refractivity contribution in [2.75, 3.05) is 0 Å². The van der Waals surface area contributed by atoms with Crippen molar-refractivity contribution in [2.24, 2.45) is 0 Å². The number of fused-ring (bicyclic) bond motifs is 1. The summed E-state index contributed by atoms with van der Waals surface area (Å²) in [5.41, 5.74) is 6.41. The molecule has 1 aliphatic heterocycles. The summed E-state index contributed by atoms with van der Waals surface area (Å²) in [5, 5.41) is 18.8. The molecule has 2 aromatic carbocycles. The third-order valence-electron chi connectivity index (χ3n) is 8.76. The molecule has 1 atom stereocenters. The Morgan fingerprint density at radius 3 is 2.07 bits per heavy atom. The van der Waals surface area contributed by atoms with Crippen LogP contribution in [-0.2, 0) is 6.42 Å². The van der Waals surface area contributed by atoms with Crippen molar-refractivity contribution in [3.8, 4) is 11.5 Å². The highest BCUT2D eigenvalue weighted by molar-refractivity contribution is 6.05. The van der Waals surface area contributed by atoms with Crippen molar-refractivity contribution >= 4 is 17.9 Å². The first kappa shape index (κ1) is 35.4. The highest BCUT2D eigenvalue weighted by Gasteiger charge is 2.35. The quantitative estimate of drug-likeness (QED) is 0.131. The minimum Gasteiger partial charge on any atom is -0.487 e. The summed E-state index contributed by atoms with van der Waals surface area (Å²) in [4.78, 5) is 36.3. The number of allylic oxidation sites excluding steroid dienone is 6. The predicted octanol–water partition coefficient (Wildman–Crippen LogP) is 9.51. The molecule has 0 amide bonds. The van der Waals surface area contributed by atoms with Gasteiger partial charge in [-0.3, -0.25) is 0 Å². The third-order valence-corrected chi connectivity index (χ3v) is 8.76. The molecule has 0 fully saturated rings. The molecular formula is C38H48O7. The number of carbonyl (C=O) groups is 3. The summed E-state index contributed by atoms with van der Waals surface area (Å²) < 4.78 is 12.5. The zero-order valence-electron chi connectivity index (χ0n) is 28.1. The van der Waals surface area contributed by atoms with Crippen LogP contribution >= 0.6 is 0 Å². The molecule has 0 saturated heterocycles. The van der Waals surface area contributed by atoms with E-state index >= 15 is 0 Å². The summed E-state index contributed by atoms with van der Waals surface area (Å²) in [7, 11) is 0. The standard InChI is InChI=1S/C38H48O7/c1-23(2)12-9-13-24(3)14-10-15-25(4)16-11-20-38(8)21-19-30-28(7)33(26(5)27(6)34(30)45-38)44-37(43)31-18-17-29(35(39)40)22-32(31)36(41)42/h12,14,16-18,22H,9-11,13,15,19-21H2,1-8H3,(H,39,40)(H,41,42)/t38-/m1/s1. The first-order valence-electron chi connectivity index (χ1n) is 15.7. The number of aromatic carboxylic acids is 2. The number of rotatable bonds is 13. The second-order valence-electron chi connectivity index (χ2n) is 12.8. The van der Waals surface area contributed by atoms with E-state index in [1.807, 2.05) is 20.8 Å². The van der Waals surface area contributed by atoms with E-state index in [0.717, 1.165) is 85.4 Å². The Bertz CT molecular complexity index is 1550. The lowest BCUT2D eigenvalue weighted by atomic mass is 9.85. The van der Waals surface area contributed by atoms with Crippen LogP contribution < -0.4 is 9.47 Å². The summed E-state index contributed by atoms with van der Waals surface area (Å²) in [6, 6.07) is 3.35. The number of carboxylic acids is 2. The van der Waals surface area contributed by atoms with Crippen LogP contribution in [0.1, 0.15) is 133 Å². The molecule has 0 aromatic heterocycles. The second kappa shape index (κ2) is 15.2. The molecule has 0 radical (unpaired) electrons. The maximum Gasteiger partial charge on any atom is 0.344 e. The van der Waals surface area contributed by atoms with Gasteiger partial charge in [0.1, 0.15) is 17.1 Å². The SMILES string of the molecule is CC(C)=CCCC(C)=CCCC(C)=CCC[C@]1(C)CCc2c(C)c(OC(=O)c3ccc(C(=O)O)cc3C(=O)O)c(C)c(C)c2O1. The van der Waals surface area contributed by atoms with Crippen LogP contribution in [-0.4, -0.2) is 33.7 Å². The summed E-state index contributed by atoms with van der Waals surface area (Å²) in [6.45, 7) is 16.5. The van der Waals surface area contributed by atoms with E-state index in [4.69, 9.17) is 9.47 Å². The summed E-state index contributed by atoms with van der Waals surface area (Å²) in [6.07, 6.45) is 14.7. The van der Waals surface area contributed by atoms with Gasteiger partial charge < -0.3 is 19.7 Å². The van der Waals surface area contributed by atoms with Crippen LogP contribution in [0.4, 0.5) is 0 Å². The second-order valence-corrected chi connectivity index (χ2v) is 12.8. The van der Waals surface area contributed by atoms with Crippen LogP contribution in [0.25, 0.3) is 0 Å². The van der Waals surface area contributed by atoms with E-state index in [1.54, 1.807) is 0 Å². The Balaban J connectivity index is 1.69. The molecule has 45 heavy (non-hydrogen) atoms. The van der Waals surface area contributed by atoms with Gasteiger partial charge in [-0.15, -0.1) is 0 Å². The fourth-order valence-electron chi connectivity index (χ4n) is 5.75. The van der Waals surface area contributed by atoms with Crippen molar-refractivity contribution < 1.29 is 34.1 Å². The molecule has 3 rings (SSSR count). The highest BCUT2D eigenvalue weighted by Crippen LogP contribution is 2.45. The first-order valence-corrected chi connectivity index (χ1v) is 15.7. The molecule has 7 nitrogen and oxygen atoms in total. The van der Waals surface area contributed by atoms with E-state index in [0.29, 0.717) is 5.75 Å². The number of carboxylic acid groups (broad SMARTS) is 2. The molecule has 1 aliphatic rings. The minimum absolute atomic E-state index is 0.209. The Morgan fingerprint density at radius 2 is 1.47 bits per heavy atom. The summed E-state index contributed by atoms with van der Waals surface area (Å²) in [5.74, 6) is -2.34. The Morgan fingerprint density at radius 1 is 0.844 bits per heavy atom. The molecule has 0 spiro atoms. The Labute approximate surface area is 267 Å². The van der Waals surface area contributed by atoms with Crippen LogP contribution in [0.5, 0.6) is 11.5 Å². The van der Waals surface area contributed by atoms with Crippen molar-refractivity contribution in [3.63, 3.8) is 0 Å². The van der Waals surface area contributed by atoms with Gasteiger partial charge in [-0.1, -0.05) is 34.9 Å². The molecule has 242 valence electrons. The zero-order chi connectivity index (χ0) is 33.5. The van der Waals surface area contributed by atoms with Crippen molar-refractivity contribution in [2.45, 2.75) is 112 Å². The fourth-order valence-corrected chi connectivity index (χ4v) is 5.75. The smallest absolute Gasteiger partial charge is 0.344 e. The van der Waals surface area contributed by atoms with Gasteiger partial charge in [0.25, 0.3) is 0 Å². The maximum absolute atomic E-state index is 13.2. The summed E-state index contributed by atoms with van der Waals surface area (Å²) >= 11 is 0. The van der Waals surface area contributed by atoms with Crippen LogP contribution in [0.3, 0.4) is 0 Å². The van der Waals surface area contributed by atoms with Crippen molar-refractivity contribution in [1.29, 1.82) is 0 Å². The Hall–Kier alpha value is -4.13. The zero-order valence-corrected chi connectivity index (χ0v) is 28.1. The molecule has 0 saturated carbocycles.